The van der Waals surface area contributed by atoms with Gasteiger partial charge in [0.15, 0.2) is 0 Å². The molecule has 0 spiro atoms. The van der Waals surface area contributed by atoms with Gasteiger partial charge in [-0.15, -0.1) is 0 Å². The van der Waals surface area contributed by atoms with E-state index in [2.05, 4.69) is 11.4 Å². The van der Waals surface area contributed by atoms with Crippen LogP contribution in [0.5, 0.6) is 0 Å². The van der Waals surface area contributed by atoms with E-state index in [0.717, 1.165) is 64.2 Å². The SMILES string of the molecule is N#CC1(NC(=O)CN2[C@H](C(N)=O)C[C@H]3CCCC[C@@H]32)CCCCCC1. The number of nitrogens with zero attached hydrogens (tertiary/aromatic N) is 2. The molecule has 0 bridgehead atoms. The van der Waals surface area contributed by atoms with Gasteiger partial charge in [0.2, 0.25) is 11.8 Å². The zero-order valence-corrected chi connectivity index (χ0v) is 15.0. The Balaban J connectivity index is 1.67. The van der Waals surface area contributed by atoms with Gasteiger partial charge in [-0.2, -0.15) is 5.26 Å². The molecule has 25 heavy (non-hydrogen) atoms. The first-order chi connectivity index (χ1) is 12.0. The summed E-state index contributed by atoms with van der Waals surface area (Å²) in [5.74, 6) is 0.00874. The van der Waals surface area contributed by atoms with Crippen molar-refractivity contribution < 1.29 is 9.59 Å². The van der Waals surface area contributed by atoms with Gasteiger partial charge in [0, 0.05) is 6.04 Å². The first-order valence-electron chi connectivity index (χ1n) is 9.82. The summed E-state index contributed by atoms with van der Waals surface area (Å²) in [7, 11) is 0. The molecule has 1 aliphatic heterocycles. The van der Waals surface area contributed by atoms with Gasteiger partial charge in [0.25, 0.3) is 0 Å². The molecule has 0 aromatic heterocycles. The van der Waals surface area contributed by atoms with Crippen LogP contribution in [-0.4, -0.2) is 40.9 Å². The molecule has 0 unspecified atom stereocenters. The van der Waals surface area contributed by atoms with Crippen LogP contribution in [0.4, 0.5) is 0 Å². The van der Waals surface area contributed by atoms with Gasteiger partial charge in [-0.3, -0.25) is 14.5 Å². The highest BCUT2D eigenvalue weighted by atomic mass is 16.2. The molecule has 2 amide bonds. The van der Waals surface area contributed by atoms with Crippen LogP contribution in [0.3, 0.4) is 0 Å². The average Bonchev–Trinajstić information content (AvgIpc) is 2.80. The Morgan fingerprint density at radius 3 is 2.44 bits per heavy atom. The second-order valence-electron chi connectivity index (χ2n) is 8.09. The summed E-state index contributed by atoms with van der Waals surface area (Å²) in [5, 5.41) is 12.7. The van der Waals surface area contributed by atoms with E-state index < -0.39 is 5.54 Å². The van der Waals surface area contributed by atoms with E-state index >= 15 is 0 Å². The molecule has 3 atom stereocenters. The van der Waals surface area contributed by atoms with E-state index in [4.69, 9.17) is 5.73 Å². The Morgan fingerprint density at radius 1 is 1.12 bits per heavy atom. The van der Waals surface area contributed by atoms with E-state index in [1.165, 1.54) is 6.42 Å². The number of rotatable bonds is 4. The molecule has 6 nitrogen and oxygen atoms in total. The van der Waals surface area contributed by atoms with Crippen molar-refractivity contribution in [3.8, 4) is 6.07 Å². The maximum atomic E-state index is 12.7. The standard InChI is InChI=1S/C19H30N4O2/c20-13-19(9-5-1-2-6-10-19)22-17(24)12-23-15-8-4-3-7-14(15)11-16(23)18(21)25/h14-16H,1-12H2,(H2,21,25)(H,22,24)/t14-,15+,16+/m1/s1. The molecule has 0 aromatic carbocycles. The highest BCUT2D eigenvalue weighted by molar-refractivity contribution is 5.83. The molecule has 1 heterocycles. The Labute approximate surface area is 150 Å². The molecular weight excluding hydrogens is 316 g/mol. The maximum absolute atomic E-state index is 12.7. The minimum Gasteiger partial charge on any atom is -0.368 e. The lowest BCUT2D eigenvalue weighted by molar-refractivity contribution is -0.127. The number of nitriles is 1. The molecule has 2 saturated carbocycles. The smallest absolute Gasteiger partial charge is 0.235 e. The maximum Gasteiger partial charge on any atom is 0.235 e. The van der Waals surface area contributed by atoms with Crippen LogP contribution in [0.1, 0.15) is 70.6 Å². The lowest BCUT2D eigenvalue weighted by atomic mass is 9.84. The second kappa shape index (κ2) is 7.74. The quantitative estimate of drug-likeness (QED) is 0.759. The monoisotopic (exact) mass is 346 g/mol. The normalized spacial score (nSPS) is 32.2. The number of primary amides is 1. The van der Waals surface area contributed by atoms with Crippen LogP contribution in [0.15, 0.2) is 0 Å². The number of nitrogens with two attached hydrogens (primary N) is 1. The van der Waals surface area contributed by atoms with E-state index in [-0.39, 0.29) is 30.4 Å². The van der Waals surface area contributed by atoms with Crippen molar-refractivity contribution in [3.63, 3.8) is 0 Å². The zero-order chi connectivity index (χ0) is 17.9. The van der Waals surface area contributed by atoms with E-state index in [9.17, 15) is 14.9 Å². The topological polar surface area (TPSA) is 99.2 Å². The van der Waals surface area contributed by atoms with Gasteiger partial charge in [-0.25, -0.2) is 0 Å². The fourth-order valence-corrected chi connectivity index (χ4v) is 5.13. The second-order valence-corrected chi connectivity index (χ2v) is 8.09. The minimum atomic E-state index is -0.735. The highest BCUT2D eigenvalue weighted by Gasteiger charge is 2.45. The number of hydrogen-bond donors (Lipinski definition) is 2. The highest BCUT2D eigenvalue weighted by Crippen LogP contribution is 2.39. The van der Waals surface area contributed by atoms with E-state index in [0.29, 0.717) is 5.92 Å². The molecule has 1 saturated heterocycles. The summed E-state index contributed by atoms with van der Waals surface area (Å²) in [4.78, 5) is 26.6. The Hall–Kier alpha value is -1.61. The molecular formula is C19H30N4O2. The number of hydrogen-bond acceptors (Lipinski definition) is 4. The first kappa shape index (κ1) is 18.2. The van der Waals surface area contributed by atoms with Gasteiger partial charge in [-0.05, 0) is 38.0 Å². The number of amides is 2. The summed E-state index contributed by atoms with van der Waals surface area (Å²) in [6, 6.07) is 2.30. The molecule has 2 aliphatic carbocycles. The molecule has 0 aromatic rings. The molecule has 3 rings (SSSR count). The average molecular weight is 346 g/mol. The summed E-state index contributed by atoms with van der Waals surface area (Å²) in [5.41, 5.74) is 4.88. The molecule has 6 heteroatoms. The van der Waals surface area contributed by atoms with Gasteiger partial charge < -0.3 is 11.1 Å². The predicted molar refractivity (Wildman–Crippen MR) is 94.2 cm³/mol. The number of carbonyl (C=O) groups excluding carboxylic acids is 2. The third-order valence-corrected chi connectivity index (χ3v) is 6.43. The van der Waals surface area contributed by atoms with Crippen molar-refractivity contribution in [1.82, 2.24) is 10.2 Å². The predicted octanol–water partition coefficient (Wildman–Crippen LogP) is 1.84. The summed E-state index contributed by atoms with van der Waals surface area (Å²) >= 11 is 0. The van der Waals surface area contributed by atoms with Gasteiger partial charge in [0.1, 0.15) is 5.54 Å². The van der Waals surface area contributed by atoms with E-state index in [1.54, 1.807) is 0 Å². The van der Waals surface area contributed by atoms with Crippen LogP contribution < -0.4 is 11.1 Å². The van der Waals surface area contributed by atoms with Crippen molar-refractivity contribution in [3.05, 3.63) is 0 Å². The lowest BCUT2D eigenvalue weighted by Gasteiger charge is -2.34. The number of nitrogens with one attached hydrogen (secondary N) is 1. The third kappa shape index (κ3) is 3.98. The first-order valence-corrected chi connectivity index (χ1v) is 9.82. The van der Waals surface area contributed by atoms with Crippen LogP contribution in [-0.2, 0) is 9.59 Å². The van der Waals surface area contributed by atoms with Crippen LogP contribution in [0.25, 0.3) is 0 Å². The Kier molecular flexibility index (Phi) is 5.63. The van der Waals surface area contributed by atoms with E-state index in [1.807, 2.05) is 4.90 Å². The number of carbonyl (C=O) groups is 2. The van der Waals surface area contributed by atoms with Crippen molar-refractivity contribution in [2.45, 2.75) is 88.3 Å². The molecule has 3 aliphatic rings. The molecule has 3 fully saturated rings. The van der Waals surface area contributed by atoms with Crippen molar-refractivity contribution in [2.75, 3.05) is 6.54 Å². The molecule has 3 N–H and O–H groups in total. The summed E-state index contributed by atoms with van der Waals surface area (Å²) < 4.78 is 0. The van der Waals surface area contributed by atoms with Crippen LogP contribution in [0.2, 0.25) is 0 Å². The zero-order valence-electron chi connectivity index (χ0n) is 15.0. The summed E-state index contributed by atoms with van der Waals surface area (Å²) in [6.07, 6.45) is 10.9. The number of fused-ring (bicyclic) bond motifs is 1. The van der Waals surface area contributed by atoms with Gasteiger partial charge in [0.05, 0.1) is 18.7 Å². The fraction of sp³-hybridized carbons (Fsp3) is 0.842. The van der Waals surface area contributed by atoms with Crippen molar-refractivity contribution in [2.24, 2.45) is 11.7 Å². The van der Waals surface area contributed by atoms with Crippen molar-refractivity contribution >= 4 is 11.8 Å². The summed E-state index contributed by atoms with van der Waals surface area (Å²) in [6.45, 7) is 0.179. The van der Waals surface area contributed by atoms with Gasteiger partial charge >= 0.3 is 0 Å². The minimum absolute atomic E-state index is 0.138. The van der Waals surface area contributed by atoms with Crippen LogP contribution >= 0.6 is 0 Å². The Morgan fingerprint density at radius 2 is 1.80 bits per heavy atom. The number of likely N-dealkylation sites (tertiary alicyclic amines) is 1. The van der Waals surface area contributed by atoms with Crippen molar-refractivity contribution in [1.29, 1.82) is 5.26 Å². The largest absolute Gasteiger partial charge is 0.368 e. The fourth-order valence-electron chi connectivity index (χ4n) is 5.13. The third-order valence-electron chi connectivity index (χ3n) is 6.43. The lowest BCUT2D eigenvalue weighted by Crippen LogP contribution is -2.54. The molecule has 138 valence electrons. The molecule has 0 radical (unpaired) electrons. The van der Waals surface area contributed by atoms with Gasteiger partial charge in [-0.1, -0.05) is 38.5 Å². The Bertz CT molecular complexity index is 548. The van der Waals surface area contributed by atoms with Crippen LogP contribution in [0, 0.1) is 17.2 Å².